The predicted molar refractivity (Wildman–Crippen MR) is 102 cm³/mol. The second-order valence-corrected chi connectivity index (χ2v) is 6.68. The molecule has 0 aliphatic heterocycles. The molecule has 1 aliphatic rings. The van der Waals surface area contributed by atoms with Gasteiger partial charge in [0.2, 0.25) is 0 Å². The Bertz CT molecular complexity index is 791. The van der Waals surface area contributed by atoms with E-state index in [0.717, 1.165) is 22.3 Å². The molecule has 0 aromatic heterocycles. The quantitative estimate of drug-likeness (QED) is 0.731. The minimum absolute atomic E-state index is 0.210. The number of hydrogen-bond donors (Lipinski definition) is 2. The molecule has 3 rings (SSSR count). The number of aliphatic carboxylic acids is 1. The number of fused-ring (bicyclic) bond motifs is 3. The number of amides is 1. The molecule has 0 saturated heterocycles. The molecule has 0 spiro atoms. The maximum absolute atomic E-state index is 12.5. The van der Waals surface area contributed by atoms with Crippen molar-refractivity contribution >= 4 is 12.1 Å². The summed E-state index contributed by atoms with van der Waals surface area (Å²) in [5.41, 5.74) is 9.96. The highest BCUT2D eigenvalue weighted by Crippen LogP contribution is 2.46. The highest BCUT2D eigenvalue weighted by atomic mass is 16.5. The maximum atomic E-state index is 12.5. The summed E-state index contributed by atoms with van der Waals surface area (Å²) in [5, 5.41) is 8.90. The van der Waals surface area contributed by atoms with Gasteiger partial charge in [0.1, 0.15) is 6.04 Å². The molecule has 2 aromatic rings. The van der Waals surface area contributed by atoms with Gasteiger partial charge in [-0.05, 0) is 41.5 Å². The van der Waals surface area contributed by atoms with Gasteiger partial charge in [0.15, 0.2) is 0 Å². The molecule has 0 fully saturated rings. The highest BCUT2D eigenvalue weighted by Gasteiger charge is 2.35. The van der Waals surface area contributed by atoms with Crippen molar-refractivity contribution in [3.63, 3.8) is 0 Å². The second kappa shape index (κ2) is 8.22. The Morgan fingerprint density at radius 2 is 1.63 bits per heavy atom. The van der Waals surface area contributed by atoms with Crippen LogP contribution in [0.4, 0.5) is 4.79 Å². The van der Waals surface area contributed by atoms with E-state index in [-0.39, 0.29) is 6.04 Å². The lowest BCUT2D eigenvalue weighted by Crippen LogP contribution is -2.36. The van der Waals surface area contributed by atoms with Gasteiger partial charge in [-0.15, -0.1) is 0 Å². The summed E-state index contributed by atoms with van der Waals surface area (Å²) in [6, 6.07) is 15.1. The number of unbranched alkanes of at least 4 members (excludes halogenated alkanes) is 1. The highest BCUT2D eigenvalue weighted by molar-refractivity contribution is 5.81. The molecule has 1 amide bonds. The Kier molecular flexibility index (Phi) is 5.76. The van der Waals surface area contributed by atoms with E-state index in [1.165, 1.54) is 7.11 Å². The molecular formula is C21H24N2O4. The fraction of sp³-hybridized carbons (Fsp3) is 0.333. The molecule has 0 unspecified atom stereocenters. The van der Waals surface area contributed by atoms with Crippen LogP contribution in [0.5, 0.6) is 0 Å². The van der Waals surface area contributed by atoms with Crippen molar-refractivity contribution in [2.75, 3.05) is 13.7 Å². The van der Waals surface area contributed by atoms with Gasteiger partial charge in [0, 0.05) is 6.54 Å². The first-order valence-electron chi connectivity index (χ1n) is 9.05. The molecule has 142 valence electrons. The van der Waals surface area contributed by atoms with Gasteiger partial charge < -0.3 is 15.6 Å². The average molecular weight is 368 g/mol. The summed E-state index contributed by atoms with van der Waals surface area (Å²) in [7, 11) is 1.38. The summed E-state index contributed by atoms with van der Waals surface area (Å²) in [4.78, 5) is 25.1. The molecule has 0 radical (unpaired) electrons. The van der Waals surface area contributed by atoms with Crippen LogP contribution in [-0.4, -0.2) is 41.8 Å². The molecule has 1 aliphatic carbocycles. The predicted octanol–water partition coefficient (Wildman–Crippen LogP) is 3.41. The zero-order chi connectivity index (χ0) is 19.4. The van der Waals surface area contributed by atoms with Crippen LogP contribution < -0.4 is 5.73 Å². The van der Waals surface area contributed by atoms with Crippen LogP contribution in [0.3, 0.4) is 0 Å². The third kappa shape index (κ3) is 3.80. The van der Waals surface area contributed by atoms with Crippen molar-refractivity contribution in [2.24, 2.45) is 5.73 Å². The van der Waals surface area contributed by atoms with E-state index < -0.39 is 18.1 Å². The van der Waals surface area contributed by atoms with Crippen LogP contribution in [0.15, 0.2) is 48.5 Å². The zero-order valence-corrected chi connectivity index (χ0v) is 15.3. The van der Waals surface area contributed by atoms with E-state index in [1.54, 1.807) is 4.90 Å². The Hall–Kier alpha value is -2.86. The summed E-state index contributed by atoms with van der Waals surface area (Å²) < 4.78 is 5.04. The second-order valence-electron chi connectivity index (χ2n) is 6.68. The van der Waals surface area contributed by atoms with Crippen LogP contribution in [-0.2, 0) is 9.53 Å². The van der Waals surface area contributed by atoms with Gasteiger partial charge >= 0.3 is 12.1 Å². The lowest BCUT2D eigenvalue weighted by molar-refractivity contribution is -0.138. The summed E-state index contributed by atoms with van der Waals surface area (Å²) in [5.74, 6) is -1.00. The molecule has 3 N–H and O–H groups in total. The third-order valence-corrected chi connectivity index (χ3v) is 5.00. The van der Waals surface area contributed by atoms with Gasteiger partial charge in [-0.3, -0.25) is 9.69 Å². The fourth-order valence-corrected chi connectivity index (χ4v) is 3.68. The van der Waals surface area contributed by atoms with Crippen LogP contribution in [0.2, 0.25) is 0 Å². The molecule has 0 bridgehead atoms. The number of hydrogen-bond acceptors (Lipinski definition) is 4. The van der Waals surface area contributed by atoms with E-state index >= 15 is 0 Å². The number of carbonyl (C=O) groups is 2. The standard InChI is InChI=1S/C21H24N2O4/c1-27-21(26)23(13-7-6-12-18(22)20(24)25)19-16-10-4-2-8-14(16)15-9-3-5-11-17(15)19/h2-5,8-11,18-19H,6-7,12-13,22H2,1H3,(H,24,25)/t18-/m0/s1. The fourth-order valence-electron chi connectivity index (χ4n) is 3.68. The molecule has 6 heteroatoms. The first-order valence-corrected chi connectivity index (χ1v) is 9.05. The van der Waals surface area contributed by atoms with Crippen LogP contribution >= 0.6 is 0 Å². The largest absolute Gasteiger partial charge is 0.480 e. The first-order chi connectivity index (χ1) is 13.0. The number of benzene rings is 2. The number of methoxy groups -OCH3 is 1. The number of carboxylic acid groups (broad SMARTS) is 1. The molecular weight excluding hydrogens is 344 g/mol. The van der Waals surface area contributed by atoms with Crippen molar-refractivity contribution in [2.45, 2.75) is 31.3 Å². The van der Waals surface area contributed by atoms with Crippen LogP contribution in [0, 0.1) is 0 Å². The third-order valence-electron chi connectivity index (χ3n) is 5.00. The molecule has 1 atom stereocenters. The van der Waals surface area contributed by atoms with Crippen molar-refractivity contribution in [3.05, 3.63) is 59.7 Å². The van der Waals surface area contributed by atoms with Gasteiger partial charge in [-0.1, -0.05) is 48.5 Å². The normalized spacial score (nSPS) is 13.6. The first kappa shape index (κ1) is 18.9. The van der Waals surface area contributed by atoms with Crippen molar-refractivity contribution in [1.82, 2.24) is 4.90 Å². The summed E-state index contributed by atoms with van der Waals surface area (Å²) in [6.07, 6.45) is 1.25. The monoisotopic (exact) mass is 368 g/mol. The van der Waals surface area contributed by atoms with Gasteiger partial charge in [0.25, 0.3) is 0 Å². The van der Waals surface area contributed by atoms with Gasteiger partial charge in [-0.2, -0.15) is 0 Å². The maximum Gasteiger partial charge on any atom is 0.410 e. The Morgan fingerprint density at radius 3 is 2.15 bits per heavy atom. The summed E-state index contributed by atoms with van der Waals surface area (Å²) in [6.45, 7) is 0.465. The van der Waals surface area contributed by atoms with E-state index in [4.69, 9.17) is 15.6 Å². The number of ether oxygens (including phenoxy) is 1. The molecule has 0 heterocycles. The van der Waals surface area contributed by atoms with Gasteiger partial charge in [-0.25, -0.2) is 4.79 Å². The Balaban J connectivity index is 1.83. The minimum atomic E-state index is -1.00. The molecule has 0 saturated carbocycles. The van der Waals surface area contributed by atoms with E-state index in [2.05, 4.69) is 12.1 Å². The number of nitrogens with two attached hydrogens (primary N) is 1. The molecule has 2 aromatic carbocycles. The lowest BCUT2D eigenvalue weighted by Gasteiger charge is -2.29. The van der Waals surface area contributed by atoms with Gasteiger partial charge in [0.05, 0.1) is 13.2 Å². The Labute approximate surface area is 158 Å². The zero-order valence-electron chi connectivity index (χ0n) is 15.3. The van der Waals surface area contributed by atoms with E-state index in [0.29, 0.717) is 25.8 Å². The van der Waals surface area contributed by atoms with E-state index in [9.17, 15) is 9.59 Å². The van der Waals surface area contributed by atoms with Crippen molar-refractivity contribution in [1.29, 1.82) is 0 Å². The topological polar surface area (TPSA) is 92.9 Å². The van der Waals surface area contributed by atoms with Crippen LogP contribution in [0.25, 0.3) is 11.1 Å². The molecule has 27 heavy (non-hydrogen) atoms. The Morgan fingerprint density at radius 1 is 1.07 bits per heavy atom. The smallest absolute Gasteiger partial charge is 0.410 e. The van der Waals surface area contributed by atoms with Crippen molar-refractivity contribution < 1.29 is 19.4 Å². The number of carboxylic acids is 1. The van der Waals surface area contributed by atoms with Crippen LogP contribution in [0.1, 0.15) is 36.4 Å². The number of rotatable bonds is 7. The SMILES string of the molecule is COC(=O)N(CCCC[C@H](N)C(=O)O)C1c2ccccc2-c2ccccc21. The summed E-state index contributed by atoms with van der Waals surface area (Å²) >= 11 is 0. The minimum Gasteiger partial charge on any atom is -0.480 e. The number of nitrogens with zero attached hydrogens (tertiary/aromatic N) is 1. The van der Waals surface area contributed by atoms with Crippen molar-refractivity contribution in [3.8, 4) is 11.1 Å². The number of carbonyl (C=O) groups excluding carboxylic acids is 1. The average Bonchev–Trinajstić information content (AvgIpc) is 3.02. The van der Waals surface area contributed by atoms with E-state index in [1.807, 2.05) is 36.4 Å². The lowest BCUT2D eigenvalue weighted by atomic mass is 10.0. The molecule has 6 nitrogen and oxygen atoms in total.